The van der Waals surface area contributed by atoms with Gasteiger partial charge in [0.05, 0.1) is 0 Å². The van der Waals surface area contributed by atoms with E-state index in [0.717, 1.165) is 68.0 Å². The Labute approximate surface area is 171 Å². The molecule has 5 aliphatic rings. The summed E-state index contributed by atoms with van der Waals surface area (Å²) in [5.41, 5.74) is 0.255. The van der Waals surface area contributed by atoms with Gasteiger partial charge in [0.25, 0.3) is 0 Å². The van der Waals surface area contributed by atoms with E-state index in [9.17, 15) is 4.79 Å². The first-order valence-corrected chi connectivity index (χ1v) is 12.4. The second kappa shape index (κ2) is 7.60. The average molecular weight is 388 g/mol. The van der Waals surface area contributed by atoms with Gasteiger partial charge in [-0.25, -0.2) is 0 Å². The molecule has 158 valence electrons. The van der Waals surface area contributed by atoms with Crippen LogP contribution in [0, 0.1) is 46.8 Å². The number of hydrogen-bond acceptors (Lipinski definition) is 2. The lowest BCUT2D eigenvalue weighted by atomic mass is 9.49. The summed E-state index contributed by atoms with van der Waals surface area (Å²) in [4.78, 5) is 13.2. The Morgan fingerprint density at radius 1 is 0.893 bits per heavy atom. The zero-order valence-corrected chi connectivity index (χ0v) is 18.1. The highest BCUT2D eigenvalue weighted by molar-refractivity contribution is 5.80. The van der Waals surface area contributed by atoms with Crippen LogP contribution in [0.2, 0.25) is 0 Å². The fourth-order valence-corrected chi connectivity index (χ4v) is 8.66. The average Bonchev–Trinajstić information content (AvgIpc) is 3.05. The van der Waals surface area contributed by atoms with Crippen molar-refractivity contribution in [1.82, 2.24) is 5.32 Å². The minimum absolute atomic E-state index is 0.255. The van der Waals surface area contributed by atoms with Gasteiger partial charge < -0.3 is 10.1 Å². The minimum atomic E-state index is 0.255. The van der Waals surface area contributed by atoms with Gasteiger partial charge in [0, 0.05) is 25.2 Å². The van der Waals surface area contributed by atoms with Crippen LogP contribution in [0.15, 0.2) is 0 Å². The maximum Gasteiger partial charge on any atom is 0.223 e. The van der Waals surface area contributed by atoms with Crippen LogP contribution in [0.5, 0.6) is 0 Å². The summed E-state index contributed by atoms with van der Waals surface area (Å²) >= 11 is 0. The lowest BCUT2D eigenvalue weighted by molar-refractivity contribution is -0.134. The summed E-state index contributed by atoms with van der Waals surface area (Å²) in [6.45, 7) is 6.57. The monoisotopic (exact) mass is 387 g/mol. The number of carbonyl (C=O) groups is 1. The predicted octanol–water partition coefficient (Wildman–Crippen LogP) is 5.19. The molecule has 1 heterocycles. The molecule has 3 nitrogen and oxygen atoms in total. The van der Waals surface area contributed by atoms with Crippen LogP contribution in [-0.4, -0.2) is 25.2 Å². The molecule has 1 saturated heterocycles. The highest BCUT2D eigenvalue weighted by Crippen LogP contribution is 2.64. The van der Waals surface area contributed by atoms with Gasteiger partial charge in [-0.1, -0.05) is 20.3 Å². The maximum absolute atomic E-state index is 13.2. The third-order valence-electron chi connectivity index (χ3n) is 10.1. The largest absolute Gasteiger partial charge is 0.381 e. The van der Waals surface area contributed by atoms with E-state index in [4.69, 9.17) is 4.74 Å². The summed E-state index contributed by atoms with van der Waals surface area (Å²) < 4.78 is 5.47. The summed E-state index contributed by atoms with van der Waals surface area (Å²) in [5, 5.41) is 3.42. The summed E-state index contributed by atoms with van der Waals surface area (Å²) in [6.07, 6.45) is 14.5. The van der Waals surface area contributed by atoms with E-state index >= 15 is 0 Å². The third kappa shape index (κ3) is 3.24. The minimum Gasteiger partial charge on any atom is -0.381 e. The van der Waals surface area contributed by atoms with Crippen LogP contribution in [0.1, 0.15) is 84.5 Å². The Bertz CT molecular complexity index is 585. The number of carbonyl (C=O) groups excluding carboxylic acids is 1. The van der Waals surface area contributed by atoms with E-state index in [1.54, 1.807) is 0 Å². The van der Waals surface area contributed by atoms with E-state index in [0.29, 0.717) is 11.9 Å². The van der Waals surface area contributed by atoms with Crippen LogP contribution < -0.4 is 5.32 Å². The van der Waals surface area contributed by atoms with Gasteiger partial charge in [0.15, 0.2) is 0 Å². The van der Waals surface area contributed by atoms with Crippen molar-refractivity contribution in [2.24, 2.45) is 46.8 Å². The Morgan fingerprint density at radius 2 is 1.68 bits per heavy atom. The molecule has 1 N–H and O–H groups in total. The van der Waals surface area contributed by atoms with Crippen molar-refractivity contribution in [2.75, 3.05) is 13.2 Å². The summed E-state index contributed by atoms with van der Waals surface area (Å²) in [5.74, 6) is 6.29. The molecule has 0 bridgehead atoms. The fraction of sp³-hybridized carbons (Fsp3) is 0.960. The first kappa shape index (κ1) is 19.4. The quantitative estimate of drug-likeness (QED) is 0.708. The zero-order valence-electron chi connectivity index (χ0n) is 18.1. The van der Waals surface area contributed by atoms with Gasteiger partial charge in [0.1, 0.15) is 0 Å². The van der Waals surface area contributed by atoms with Crippen LogP contribution in [0.4, 0.5) is 0 Å². The standard InChI is InChI=1S/C25H41NO2/c1-16-3-5-19-17(15-16)4-6-21-20(19)9-12-25(2)22(21)7-8-23(25)24(27)26-18-10-13-28-14-11-18/h16-23H,3-15H2,1-2H3,(H,26,27)/t16?,17?,19?,20?,21?,22?,23-,25?/m1/s1. The molecule has 7 unspecified atom stereocenters. The van der Waals surface area contributed by atoms with E-state index in [1.807, 2.05) is 0 Å². The molecule has 0 spiro atoms. The molecule has 4 saturated carbocycles. The van der Waals surface area contributed by atoms with Gasteiger partial charge in [-0.05, 0) is 105 Å². The Morgan fingerprint density at radius 3 is 2.50 bits per heavy atom. The molecule has 5 fully saturated rings. The van der Waals surface area contributed by atoms with Crippen LogP contribution in [0.3, 0.4) is 0 Å². The Kier molecular flexibility index (Phi) is 5.26. The molecule has 8 atom stereocenters. The summed E-state index contributed by atoms with van der Waals surface area (Å²) in [7, 11) is 0. The van der Waals surface area contributed by atoms with Crippen LogP contribution in [0.25, 0.3) is 0 Å². The molecule has 1 amide bonds. The van der Waals surface area contributed by atoms with Crippen molar-refractivity contribution in [2.45, 2.75) is 90.5 Å². The van der Waals surface area contributed by atoms with Crippen LogP contribution >= 0.6 is 0 Å². The van der Waals surface area contributed by atoms with Crippen molar-refractivity contribution < 1.29 is 9.53 Å². The molecule has 0 aromatic rings. The predicted molar refractivity (Wildman–Crippen MR) is 112 cm³/mol. The van der Waals surface area contributed by atoms with E-state index in [-0.39, 0.29) is 11.3 Å². The molecule has 0 radical (unpaired) electrons. The second-order valence-corrected chi connectivity index (χ2v) is 11.4. The van der Waals surface area contributed by atoms with Gasteiger partial charge in [-0.2, -0.15) is 0 Å². The van der Waals surface area contributed by atoms with Crippen molar-refractivity contribution in [3.63, 3.8) is 0 Å². The second-order valence-electron chi connectivity index (χ2n) is 11.4. The highest BCUT2D eigenvalue weighted by Gasteiger charge is 2.58. The van der Waals surface area contributed by atoms with Crippen molar-refractivity contribution in [3.05, 3.63) is 0 Å². The highest BCUT2D eigenvalue weighted by atomic mass is 16.5. The Balaban J connectivity index is 1.28. The van der Waals surface area contributed by atoms with Crippen molar-refractivity contribution in [1.29, 1.82) is 0 Å². The zero-order chi connectivity index (χ0) is 19.3. The number of fused-ring (bicyclic) bond motifs is 5. The van der Waals surface area contributed by atoms with E-state index in [2.05, 4.69) is 19.2 Å². The van der Waals surface area contributed by atoms with Gasteiger partial charge in [-0.3, -0.25) is 4.79 Å². The molecule has 5 rings (SSSR count). The first-order valence-electron chi connectivity index (χ1n) is 12.4. The first-order chi connectivity index (χ1) is 13.6. The fourth-order valence-electron chi connectivity index (χ4n) is 8.66. The van der Waals surface area contributed by atoms with E-state index < -0.39 is 0 Å². The van der Waals surface area contributed by atoms with Crippen molar-refractivity contribution in [3.8, 4) is 0 Å². The lowest BCUT2D eigenvalue weighted by Gasteiger charge is -2.56. The molecule has 28 heavy (non-hydrogen) atoms. The SMILES string of the molecule is CC1CCC2C(CCC3C2CCC2(C)C3CC[C@@H]2C(=O)NC2CCOCC2)C1. The third-order valence-corrected chi connectivity index (χ3v) is 10.1. The Hall–Kier alpha value is -0.570. The number of amides is 1. The molecule has 0 aromatic carbocycles. The van der Waals surface area contributed by atoms with E-state index in [1.165, 1.54) is 51.4 Å². The molecule has 3 heteroatoms. The number of hydrogen-bond donors (Lipinski definition) is 1. The lowest BCUT2D eigenvalue weighted by Crippen LogP contribution is -2.51. The normalized spacial score (nSPS) is 49.0. The van der Waals surface area contributed by atoms with Crippen LogP contribution in [-0.2, 0) is 9.53 Å². The number of nitrogens with one attached hydrogen (secondary N) is 1. The molecular weight excluding hydrogens is 346 g/mol. The molecular formula is C25H41NO2. The topological polar surface area (TPSA) is 38.3 Å². The molecule has 1 aliphatic heterocycles. The smallest absolute Gasteiger partial charge is 0.223 e. The van der Waals surface area contributed by atoms with Crippen molar-refractivity contribution >= 4 is 5.91 Å². The molecule has 4 aliphatic carbocycles. The summed E-state index contributed by atoms with van der Waals surface area (Å²) in [6, 6.07) is 0.347. The number of rotatable bonds is 2. The van der Waals surface area contributed by atoms with Gasteiger partial charge in [-0.15, -0.1) is 0 Å². The maximum atomic E-state index is 13.2. The van der Waals surface area contributed by atoms with Gasteiger partial charge >= 0.3 is 0 Å². The molecule has 0 aromatic heterocycles. The number of ether oxygens (including phenoxy) is 1. The van der Waals surface area contributed by atoms with Gasteiger partial charge in [0.2, 0.25) is 5.91 Å².